The van der Waals surface area contributed by atoms with Crippen molar-refractivity contribution in [1.29, 1.82) is 0 Å². The molecule has 2 aromatic heterocycles. The zero-order chi connectivity index (χ0) is 22.5. The number of carbonyl (C=O) groups is 1. The second kappa shape index (κ2) is 9.64. The van der Waals surface area contributed by atoms with Gasteiger partial charge in [0.05, 0.1) is 21.3 Å². The molecule has 0 aliphatic carbocycles. The van der Waals surface area contributed by atoms with Gasteiger partial charge in [0.15, 0.2) is 17.3 Å². The number of benzene rings is 1. The van der Waals surface area contributed by atoms with Crippen LogP contribution in [0.2, 0.25) is 0 Å². The van der Waals surface area contributed by atoms with Crippen LogP contribution < -0.4 is 14.2 Å². The molecule has 1 saturated heterocycles. The number of piperidine rings is 1. The summed E-state index contributed by atoms with van der Waals surface area (Å²) in [5, 5.41) is 0. The Hall–Kier alpha value is -3.68. The number of amides is 1. The first kappa shape index (κ1) is 21.5. The van der Waals surface area contributed by atoms with Gasteiger partial charge in [-0.05, 0) is 43.2 Å². The Balaban J connectivity index is 1.57. The molecule has 1 aromatic carbocycles. The Morgan fingerprint density at radius 3 is 2.50 bits per heavy atom. The van der Waals surface area contributed by atoms with E-state index in [4.69, 9.17) is 19.2 Å². The third-order valence-corrected chi connectivity index (χ3v) is 5.64. The lowest BCUT2D eigenvalue weighted by molar-refractivity contribution is 0.0705. The van der Waals surface area contributed by atoms with E-state index in [2.05, 4.69) is 9.97 Å². The molecule has 3 heterocycles. The summed E-state index contributed by atoms with van der Waals surface area (Å²) in [4.78, 5) is 28.5. The van der Waals surface area contributed by atoms with Crippen LogP contribution in [-0.2, 0) is 0 Å². The Bertz CT molecular complexity index is 1070. The van der Waals surface area contributed by atoms with Gasteiger partial charge in [0, 0.05) is 54.4 Å². The van der Waals surface area contributed by atoms with E-state index >= 15 is 0 Å². The highest BCUT2D eigenvalue weighted by Gasteiger charge is 2.28. The lowest BCUT2D eigenvalue weighted by Crippen LogP contribution is -2.39. The van der Waals surface area contributed by atoms with Crippen molar-refractivity contribution in [1.82, 2.24) is 19.9 Å². The van der Waals surface area contributed by atoms with Gasteiger partial charge >= 0.3 is 0 Å². The van der Waals surface area contributed by atoms with Gasteiger partial charge < -0.3 is 19.1 Å². The quantitative estimate of drug-likeness (QED) is 0.586. The van der Waals surface area contributed by atoms with Gasteiger partial charge in [-0.1, -0.05) is 0 Å². The van der Waals surface area contributed by atoms with Crippen molar-refractivity contribution >= 4 is 5.91 Å². The lowest BCUT2D eigenvalue weighted by Gasteiger charge is -2.33. The molecule has 1 fully saturated rings. The van der Waals surface area contributed by atoms with E-state index in [-0.39, 0.29) is 11.8 Å². The van der Waals surface area contributed by atoms with Crippen LogP contribution in [0.3, 0.4) is 0 Å². The molecule has 1 amide bonds. The Morgan fingerprint density at radius 2 is 1.84 bits per heavy atom. The van der Waals surface area contributed by atoms with Crippen LogP contribution in [-0.4, -0.2) is 60.2 Å². The molecule has 4 rings (SSSR count). The summed E-state index contributed by atoms with van der Waals surface area (Å²) >= 11 is 0. The predicted octanol–water partition coefficient (Wildman–Crippen LogP) is 3.58. The minimum absolute atomic E-state index is 0.0736. The summed E-state index contributed by atoms with van der Waals surface area (Å²) in [6.45, 7) is 1.27. The fourth-order valence-corrected chi connectivity index (χ4v) is 4.02. The number of ether oxygens (including phenoxy) is 3. The minimum Gasteiger partial charge on any atom is -0.493 e. The second-order valence-corrected chi connectivity index (χ2v) is 7.55. The molecule has 0 bridgehead atoms. The zero-order valence-electron chi connectivity index (χ0n) is 18.4. The SMILES string of the molecule is COc1cc(C(=O)N2CCC[C@H](c3ccnc(-c4cccnc4)n3)C2)cc(OC)c1OC. The molecule has 32 heavy (non-hydrogen) atoms. The number of rotatable bonds is 6. The van der Waals surface area contributed by atoms with Crippen LogP contribution in [0.1, 0.15) is 34.8 Å². The Morgan fingerprint density at radius 1 is 1.06 bits per heavy atom. The number of carbonyl (C=O) groups excluding carboxylic acids is 1. The predicted molar refractivity (Wildman–Crippen MR) is 119 cm³/mol. The summed E-state index contributed by atoms with van der Waals surface area (Å²) in [5.74, 6) is 2.08. The highest BCUT2D eigenvalue weighted by atomic mass is 16.5. The highest BCUT2D eigenvalue weighted by Crippen LogP contribution is 2.39. The molecule has 8 heteroatoms. The zero-order valence-corrected chi connectivity index (χ0v) is 18.4. The van der Waals surface area contributed by atoms with Gasteiger partial charge in [-0.15, -0.1) is 0 Å². The summed E-state index contributed by atoms with van der Waals surface area (Å²) in [6.07, 6.45) is 7.10. The summed E-state index contributed by atoms with van der Waals surface area (Å²) in [7, 11) is 4.62. The lowest BCUT2D eigenvalue weighted by atomic mass is 9.94. The molecule has 8 nitrogen and oxygen atoms in total. The maximum atomic E-state index is 13.3. The number of hydrogen-bond donors (Lipinski definition) is 0. The van der Waals surface area contributed by atoms with Gasteiger partial charge in [-0.3, -0.25) is 9.78 Å². The average molecular weight is 434 g/mol. The fourth-order valence-electron chi connectivity index (χ4n) is 4.02. The van der Waals surface area contributed by atoms with Crippen molar-refractivity contribution in [3.8, 4) is 28.6 Å². The number of nitrogens with zero attached hydrogens (tertiary/aromatic N) is 4. The van der Waals surface area contributed by atoms with Gasteiger partial charge in [0.2, 0.25) is 5.75 Å². The molecule has 0 unspecified atom stereocenters. The summed E-state index contributed by atoms with van der Waals surface area (Å²) < 4.78 is 16.2. The molecular formula is C24H26N4O4. The number of hydrogen-bond acceptors (Lipinski definition) is 7. The average Bonchev–Trinajstić information content (AvgIpc) is 2.88. The first-order valence-electron chi connectivity index (χ1n) is 10.5. The molecule has 0 spiro atoms. The molecule has 1 aliphatic rings. The van der Waals surface area contributed by atoms with Crippen LogP contribution in [0.25, 0.3) is 11.4 Å². The first-order valence-corrected chi connectivity index (χ1v) is 10.5. The molecule has 0 radical (unpaired) electrons. The summed E-state index contributed by atoms with van der Waals surface area (Å²) in [6, 6.07) is 9.12. The topological polar surface area (TPSA) is 86.7 Å². The van der Waals surface area contributed by atoms with E-state index in [1.54, 1.807) is 37.8 Å². The minimum atomic E-state index is -0.0736. The third-order valence-electron chi connectivity index (χ3n) is 5.64. The van der Waals surface area contributed by atoms with Crippen LogP contribution >= 0.6 is 0 Å². The van der Waals surface area contributed by atoms with Crippen LogP contribution in [0, 0.1) is 0 Å². The second-order valence-electron chi connectivity index (χ2n) is 7.55. The van der Waals surface area contributed by atoms with Crippen molar-refractivity contribution in [2.45, 2.75) is 18.8 Å². The molecule has 166 valence electrons. The van der Waals surface area contributed by atoms with Crippen molar-refractivity contribution < 1.29 is 19.0 Å². The van der Waals surface area contributed by atoms with Gasteiger partial charge in [-0.25, -0.2) is 9.97 Å². The van der Waals surface area contributed by atoms with E-state index in [1.807, 2.05) is 23.1 Å². The number of methoxy groups -OCH3 is 3. The van der Waals surface area contributed by atoms with Crippen LogP contribution in [0.4, 0.5) is 0 Å². The summed E-state index contributed by atoms with van der Waals surface area (Å²) in [5.41, 5.74) is 2.30. The maximum absolute atomic E-state index is 13.3. The van der Waals surface area contributed by atoms with E-state index in [1.165, 1.54) is 14.2 Å². The van der Waals surface area contributed by atoms with E-state index in [0.29, 0.717) is 41.7 Å². The molecule has 0 N–H and O–H groups in total. The van der Waals surface area contributed by atoms with E-state index < -0.39 is 0 Å². The maximum Gasteiger partial charge on any atom is 0.254 e. The van der Waals surface area contributed by atoms with Crippen LogP contribution in [0.15, 0.2) is 48.9 Å². The molecule has 1 aliphatic heterocycles. The molecular weight excluding hydrogens is 408 g/mol. The van der Waals surface area contributed by atoms with Crippen molar-refractivity contribution in [2.75, 3.05) is 34.4 Å². The van der Waals surface area contributed by atoms with Crippen molar-refractivity contribution in [3.63, 3.8) is 0 Å². The normalized spacial score (nSPS) is 15.8. The van der Waals surface area contributed by atoms with Gasteiger partial charge in [0.25, 0.3) is 5.91 Å². The monoisotopic (exact) mass is 434 g/mol. The molecule has 1 atom stereocenters. The van der Waals surface area contributed by atoms with Crippen molar-refractivity contribution in [2.24, 2.45) is 0 Å². The number of aromatic nitrogens is 3. The highest BCUT2D eigenvalue weighted by molar-refractivity contribution is 5.95. The largest absolute Gasteiger partial charge is 0.493 e. The molecule has 3 aromatic rings. The first-order chi connectivity index (χ1) is 15.6. The number of pyridine rings is 1. The third kappa shape index (κ3) is 4.34. The Labute approximate surface area is 187 Å². The van der Waals surface area contributed by atoms with Gasteiger partial charge in [-0.2, -0.15) is 0 Å². The number of likely N-dealkylation sites (tertiary alicyclic amines) is 1. The van der Waals surface area contributed by atoms with Gasteiger partial charge in [0.1, 0.15) is 0 Å². The van der Waals surface area contributed by atoms with E-state index in [9.17, 15) is 4.79 Å². The molecule has 0 saturated carbocycles. The fraction of sp³-hybridized carbons (Fsp3) is 0.333. The van der Waals surface area contributed by atoms with Crippen LogP contribution in [0.5, 0.6) is 17.2 Å². The van der Waals surface area contributed by atoms with E-state index in [0.717, 1.165) is 24.1 Å². The standard InChI is InChI=1S/C24H26N4O4/c1-30-20-12-18(13-21(31-2)22(20)32-3)24(29)28-11-5-7-17(15-28)19-8-10-26-23(27-19)16-6-4-9-25-14-16/h4,6,8-10,12-14,17H,5,7,11,15H2,1-3H3/t17-/m0/s1. The van der Waals surface area contributed by atoms with Crippen molar-refractivity contribution in [3.05, 3.63) is 60.2 Å². The smallest absolute Gasteiger partial charge is 0.254 e. The Kier molecular flexibility index (Phi) is 6.49.